The molecule has 0 N–H and O–H groups in total. The van der Waals surface area contributed by atoms with E-state index in [0.717, 1.165) is 11.1 Å². The van der Waals surface area contributed by atoms with Gasteiger partial charge in [0.1, 0.15) is 0 Å². The van der Waals surface area contributed by atoms with Crippen molar-refractivity contribution in [2.45, 2.75) is 6.92 Å². The second kappa shape index (κ2) is 3.18. The van der Waals surface area contributed by atoms with Gasteiger partial charge in [0.2, 0.25) is 0 Å². The zero-order chi connectivity index (χ0) is 10.1. The predicted molar refractivity (Wildman–Crippen MR) is 53.5 cm³/mol. The van der Waals surface area contributed by atoms with E-state index in [9.17, 15) is 4.79 Å². The van der Waals surface area contributed by atoms with Crippen molar-refractivity contribution in [2.75, 3.05) is 7.11 Å². The van der Waals surface area contributed by atoms with E-state index in [1.165, 1.54) is 7.11 Å². The fourth-order valence-electron chi connectivity index (χ4n) is 1.52. The molecule has 0 bridgehead atoms. The van der Waals surface area contributed by atoms with Gasteiger partial charge < -0.3 is 9.14 Å². The average Bonchev–Trinajstić information content (AvgIpc) is 2.62. The molecule has 0 radical (unpaired) electrons. The summed E-state index contributed by atoms with van der Waals surface area (Å²) in [5, 5.41) is 0. The minimum absolute atomic E-state index is 0.286. The molecule has 2 aromatic rings. The first-order chi connectivity index (χ1) is 6.72. The number of pyridine rings is 1. The summed E-state index contributed by atoms with van der Waals surface area (Å²) in [5.74, 6) is -0.286. The van der Waals surface area contributed by atoms with Crippen LogP contribution in [0.15, 0.2) is 30.6 Å². The maximum absolute atomic E-state index is 11.4. The molecule has 0 unspecified atom stereocenters. The Morgan fingerprint density at radius 3 is 3.00 bits per heavy atom. The molecule has 0 spiro atoms. The van der Waals surface area contributed by atoms with Crippen LogP contribution in [0.1, 0.15) is 15.9 Å². The Hall–Kier alpha value is -1.77. The van der Waals surface area contributed by atoms with Gasteiger partial charge in [-0.3, -0.25) is 0 Å². The highest BCUT2D eigenvalue weighted by molar-refractivity contribution is 5.92. The van der Waals surface area contributed by atoms with Crippen molar-refractivity contribution < 1.29 is 9.53 Å². The Morgan fingerprint density at radius 2 is 2.29 bits per heavy atom. The van der Waals surface area contributed by atoms with E-state index in [4.69, 9.17) is 4.74 Å². The Kier molecular flexibility index (Phi) is 2.00. The van der Waals surface area contributed by atoms with Crippen molar-refractivity contribution in [1.82, 2.24) is 4.40 Å². The third-order valence-corrected chi connectivity index (χ3v) is 2.27. The van der Waals surface area contributed by atoms with Crippen LogP contribution in [0, 0.1) is 6.92 Å². The van der Waals surface area contributed by atoms with E-state index in [2.05, 4.69) is 0 Å². The van der Waals surface area contributed by atoms with Gasteiger partial charge in [-0.15, -0.1) is 0 Å². The third kappa shape index (κ3) is 1.27. The van der Waals surface area contributed by atoms with Gasteiger partial charge in [0, 0.05) is 17.9 Å². The summed E-state index contributed by atoms with van der Waals surface area (Å²) in [5.41, 5.74) is 2.54. The second-order valence-electron chi connectivity index (χ2n) is 3.20. The molecule has 0 aliphatic heterocycles. The monoisotopic (exact) mass is 189 g/mol. The van der Waals surface area contributed by atoms with Gasteiger partial charge in [0.05, 0.1) is 12.7 Å². The van der Waals surface area contributed by atoms with Crippen LogP contribution >= 0.6 is 0 Å². The largest absolute Gasteiger partial charge is 0.465 e. The van der Waals surface area contributed by atoms with E-state index in [0.29, 0.717) is 5.56 Å². The number of aryl methyl sites for hydroxylation is 1. The fraction of sp³-hybridized carbons (Fsp3) is 0.182. The molecule has 0 atom stereocenters. The first kappa shape index (κ1) is 8.81. The third-order valence-electron chi connectivity index (χ3n) is 2.27. The number of esters is 1. The average molecular weight is 189 g/mol. The maximum Gasteiger partial charge on any atom is 0.338 e. The number of ether oxygens (including phenoxy) is 1. The molecule has 0 fully saturated rings. The lowest BCUT2D eigenvalue weighted by atomic mass is 10.1. The minimum Gasteiger partial charge on any atom is -0.465 e. The van der Waals surface area contributed by atoms with Crippen molar-refractivity contribution in [3.05, 3.63) is 41.7 Å². The lowest BCUT2D eigenvalue weighted by molar-refractivity contribution is 0.0600. The fourth-order valence-corrected chi connectivity index (χ4v) is 1.52. The van der Waals surface area contributed by atoms with E-state index in [1.807, 2.05) is 41.9 Å². The number of fused-ring (bicyclic) bond motifs is 1. The molecule has 2 heterocycles. The molecule has 0 amide bonds. The van der Waals surface area contributed by atoms with Crippen molar-refractivity contribution in [3.63, 3.8) is 0 Å². The Balaban J connectivity index is 2.64. The molecular formula is C11H11NO2. The van der Waals surface area contributed by atoms with Gasteiger partial charge in [-0.2, -0.15) is 0 Å². The number of nitrogens with zero attached hydrogens (tertiary/aromatic N) is 1. The summed E-state index contributed by atoms with van der Waals surface area (Å²) in [6.07, 6.45) is 3.87. The van der Waals surface area contributed by atoms with Crippen molar-refractivity contribution >= 4 is 11.5 Å². The molecular weight excluding hydrogens is 178 g/mol. The number of aromatic nitrogens is 1. The number of hydrogen-bond acceptors (Lipinski definition) is 2. The SMILES string of the molecule is COC(=O)c1cc2cccn2cc1C. The molecule has 0 aliphatic carbocycles. The van der Waals surface area contributed by atoms with Gasteiger partial charge in [-0.05, 0) is 30.7 Å². The molecule has 3 nitrogen and oxygen atoms in total. The van der Waals surface area contributed by atoms with Crippen LogP contribution in [-0.4, -0.2) is 17.5 Å². The molecule has 14 heavy (non-hydrogen) atoms. The van der Waals surface area contributed by atoms with Crippen LogP contribution in [-0.2, 0) is 4.74 Å². The number of hydrogen-bond donors (Lipinski definition) is 0. The van der Waals surface area contributed by atoms with Crippen LogP contribution in [0.25, 0.3) is 5.52 Å². The van der Waals surface area contributed by atoms with Gasteiger partial charge in [0.25, 0.3) is 0 Å². The number of methoxy groups -OCH3 is 1. The van der Waals surface area contributed by atoms with E-state index in [1.54, 1.807) is 0 Å². The first-order valence-electron chi connectivity index (χ1n) is 4.38. The van der Waals surface area contributed by atoms with Crippen LogP contribution in [0.3, 0.4) is 0 Å². The number of carbonyl (C=O) groups is 1. The lowest BCUT2D eigenvalue weighted by Gasteiger charge is -2.04. The van der Waals surface area contributed by atoms with E-state index >= 15 is 0 Å². The molecule has 3 heteroatoms. The molecule has 0 aliphatic rings. The highest BCUT2D eigenvalue weighted by atomic mass is 16.5. The smallest absolute Gasteiger partial charge is 0.338 e. The van der Waals surface area contributed by atoms with Crippen LogP contribution in [0.4, 0.5) is 0 Å². The van der Waals surface area contributed by atoms with Gasteiger partial charge >= 0.3 is 5.97 Å². The zero-order valence-electron chi connectivity index (χ0n) is 8.15. The molecule has 2 aromatic heterocycles. The van der Waals surface area contributed by atoms with Crippen LogP contribution in [0.2, 0.25) is 0 Å². The topological polar surface area (TPSA) is 30.7 Å². The van der Waals surface area contributed by atoms with E-state index < -0.39 is 0 Å². The van der Waals surface area contributed by atoms with Gasteiger partial charge in [-0.25, -0.2) is 4.79 Å². The summed E-state index contributed by atoms with van der Waals surface area (Å²) in [6.45, 7) is 1.89. The minimum atomic E-state index is -0.286. The van der Waals surface area contributed by atoms with Crippen LogP contribution in [0.5, 0.6) is 0 Å². The standard InChI is InChI=1S/C11H11NO2/c1-8-7-12-5-3-4-9(12)6-10(8)11(13)14-2/h3-7H,1-2H3. The second-order valence-corrected chi connectivity index (χ2v) is 3.20. The predicted octanol–water partition coefficient (Wildman–Crippen LogP) is 2.03. The summed E-state index contributed by atoms with van der Waals surface area (Å²) >= 11 is 0. The maximum atomic E-state index is 11.4. The highest BCUT2D eigenvalue weighted by Crippen LogP contribution is 2.13. The van der Waals surface area contributed by atoms with Gasteiger partial charge in [0.15, 0.2) is 0 Å². The van der Waals surface area contributed by atoms with Crippen molar-refractivity contribution in [2.24, 2.45) is 0 Å². The lowest BCUT2D eigenvalue weighted by Crippen LogP contribution is -2.04. The molecule has 0 aromatic carbocycles. The van der Waals surface area contributed by atoms with E-state index in [-0.39, 0.29) is 5.97 Å². The quantitative estimate of drug-likeness (QED) is 0.643. The Morgan fingerprint density at radius 1 is 1.50 bits per heavy atom. The number of rotatable bonds is 1. The molecule has 2 rings (SSSR count). The van der Waals surface area contributed by atoms with Crippen molar-refractivity contribution in [3.8, 4) is 0 Å². The Bertz CT molecular complexity index is 485. The molecule has 72 valence electrons. The molecule has 0 saturated carbocycles. The summed E-state index contributed by atoms with van der Waals surface area (Å²) in [6, 6.07) is 5.73. The van der Waals surface area contributed by atoms with Gasteiger partial charge in [-0.1, -0.05) is 0 Å². The van der Waals surface area contributed by atoms with Crippen LogP contribution < -0.4 is 0 Å². The molecule has 0 saturated heterocycles. The normalized spacial score (nSPS) is 10.4. The number of carbonyl (C=O) groups excluding carboxylic acids is 1. The summed E-state index contributed by atoms with van der Waals surface area (Å²) < 4.78 is 6.67. The zero-order valence-corrected chi connectivity index (χ0v) is 8.15. The first-order valence-corrected chi connectivity index (χ1v) is 4.38. The summed E-state index contributed by atoms with van der Waals surface area (Å²) in [4.78, 5) is 11.4. The van der Waals surface area contributed by atoms with Crippen molar-refractivity contribution in [1.29, 1.82) is 0 Å². The Labute approximate surface area is 81.9 Å². The summed E-state index contributed by atoms with van der Waals surface area (Å²) in [7, 11) is 1.39. The highest BCUT2D eigenvalue weighted by Gasteiger charge is 2.09.